The lowest BCUT2D eigenvalue weighted by Crippen LogP contribution is -2.26. The Hall–Kier alpha value is -0.800. The van der Waals surface area contributed by atoms with E-state index in [0.717, 1.165) is 5.82 Å². The minimum Gasteiger partial charge on any atom is -0.383 e. The maximum Gasteiger partial charge on any atom is 0.126 e. The Morgan fingerprint density at radius 1 is 1.62 bits per heavy atom. The predicted molar refractivity (Wildman–Crippen MR) is 54.2 cm³/mol. The number of ether oxygens (including phenoxy) is 1. The molecule has 1 N–H and O–H groups in total. The number of aromatic nitrogens is 1. The van der Waals surface area contributed by atoms with E-state index in [4.69, 9.17) is 16.3 Å². The van der Waals surface area contributed by atoms with Crippen molar-refractivity contribution in [3.63, 3.8) is 0 Å². The van der Waals surface area contributed by atoms with Gasteiger partial charge >= 0.3 is 0 Å². The van der Waals surface area contributed by atoms with Crippen LogP contribution >= 0.6 is 11.6 Å². The largest absolute Gasteiger partial charge is 0.383 e. The first-order valence-electron chi connectivity index (χ1n) is 4.09. The lowest BCUT2D eigenvalue weighted by Gasteiger charge is -2.14. The van der Waals surface area contributed by atoms with Crippen molar-refractivity contribution in [3.05, 3.63) is 24.4 Å². The molecule has 72 valence electrons. The van der Waals surface area contributed by atoms with Crippen LogP contribution in [-0.4, -0.2) is 30.6 Å². The third-order valence-electron chi connectivity index (χ3n) is 1.57. The first kappa shape index (κ1) is 10.3. The molecule has 1 aromatic rings. The van der Waals surface area contributed by atoms with Gasteiger partial charge in [0.1, 0.15) is 5.82 Å². The fourth-order valence-electron chi connectivity index (χ4n) is 0.983. The summed E-state index contributed by atoms with van der Waals surface area (Å²) in [6, 6.07) is 5.81. The van der Waals surface area contributed by atoms with Gasteiger partial charge in [-0.05, 0) is 12.1 Å². The fourth-order valence-corrected chi connectivity index (χ4v) is 1.15. The van der Waals surface area contributed by atoms with Crippen molar-refractivity contribution in [1.82, 2.24) is 4.98 Å². The second kappa shape index (κ2) is 5.78. The van der Waals surface area contributed by atoms with E-state index in [2.05, 4.69) is 10.3 Å². The number of methoxy groups -OCH3 is 1. The van der Waals surface area contributed by atoms with Crippen LogP contribution in [0.5, 0.6) is 0 Å². The average molecular weight is 201 g/mol. The van der Waals surface area contributed by atoms with Crippen LogP contribution in [0.1, 0.15) is 0 Å². The molecule has 1 atom stereocenters. The third kappa shape index (κ3) is 3.61. The number of rotatable bonds is 5. The minimum atomic E-state index is 0.113. The van der Waals surface area contributed by atoms with E-state index in [-0.39, 0.29) is 6.04 Å². The van der Waals surface area contributed by atoms with E-state index in [1.807, 2.05) is 18.2 Å². The highest BCUT2D eigenvalue weighted by Crippen LogP contribution is 2.03. The zero-order valence-corrected chi connectivity index (χ0v) is 8.29. The van der Waals surface area contributed by atoms with Gasteiger partial charge in [-0.3, -0.25) is 0 Å². The molecule has 0 aliphatic rings. The number of halogens is 1. The molecule has 4 heteroatoms. The van der Waals surface area contributed by atoms with Crippen LogP contribution in [0.15, 0.2) is 24.4 Å². The van der Waals surface area contributed by atoms with E-state index in [0.29, 0.717) is 12.5 Å². The molecule has 1 unspecified atom stereocenters. The second-order valence-electron chi connectivity index (χ2n) is 2.67. The van der Waals surface area contributed by atoms with Crippen molar-refractivity contribution in [2.45, 2.75) is 6.04 Å². The van der Waals surface area contributed by atoms with Crippen LogP contribution in [0.2, 0.25) is 0 Å². The smallest absolute Gasteiger partial charge is 0.126 e. The van der Waals surface area contributed by atoms with Gasteiger partial charge in [-0.1, -0.05) is 6.07 Å². The van der Waals surface area contributed by atoms with E-state index in [1.165, 1.54) is 0 Å². The molecule has 1 heterocycles. The molecular formula is C9H13ClN2O. The van der Waals surface area contributed by atoms with Crippen LogP contribution < -0.4 is 5.32 Å². The molecule has 0 fully saturated rings. The number of nitrogens with one attached hydrogen (secondary N) is 1. The summed E-state index contributed by atoms with van der Waals surface area (Å²) in [5.74, 6) is 1.33. The third-order valence-corrected chi connectivity index (χ3v) is 1.94. The maximum absolute atomic E-state index is 5.73. The highest BCUT2D eigenvalue weighted by atomic mass is 35.5. The Bertz CT molecular complexity index is 230. The Labute approximate surface area is 83.1 Å². The van der Waals surface area contributed by atoms with Crippen LogP contribution in [0.4, 0.5) is 5.82 Å². The normalized spacial score (nSPS) is 12.5. The number of pyridine rings is 1. The van der Waals surface area contributed by atoms with Gasteiger partial charge in [-0.25, -0.2) is 4.98 Å². The summed E-state index contributed by atoms with van der Waals surface area (Å²) >= 11 is 5.73. The first-order valence-corrected chi connectivity index (χ1v) is 4.62. The molecule has 0 saturated carbocycles. The molecule has 0 spiro atoms. The maximum atomic E-state index is 5.73. The lowest BCUT2D eigenvalue weighted by molar-refractivity contribution is 0.191. The van der Waals surface area contributed by atoms with E-state index >= 15 is 0 Å². The molecule has 0 saturated heterocycles. The summed E-state index contributed by atoms with van der Waals surface area (Å²) in [6.45, 7) is 0.583. The average Bonchev–Trinajstić information content (AvgIpc) is 2.19. The summed E-state index contributed by atoms with van der Waals surface area (Å²) in [5.41, 5.74) is 0. The van der Waals surface area contributed by atoms with Gasteiger partial charge in [0.25, 0.3) is 0 Å². The molecule has 1 aromatic heterocycles. The molecule has 0 aromatic carbocycles. The van der Waals surface area contributed by atoms with Gasteiger partial charge in [0.05, 0.1) is 12.6 Å². The van der Waals surface area contributed by atoms with Crippen molar-refractivity contribution in [1.29, 1.82) is 0 Å². The number of anilines is 1. The van der Waals surface area contributed by atoms with Gasteiger partial charge in [0, 0.05) is 19.2 Å². The molecular weight excluding hydrogens is 188 g/mol. The van der Waals surface area contributed by atoms with E-state index in [9.17, 15) is 0 Å². The standard InChI is InChI=1S/C9H13ClN2O/c1-13-7-8(6-10)12-9-4-2-3-5-11-9/h2-5,8H,6-7H2,1H3,(H,11,12). The van der Waals surface area contributed by atoms with Crippen molar-refractivity contribution in [3.8, 4) is 0 Å². The minimum absolute atomic E-state index is 0.113. The molecule has 0 aliphatic carbocycles. The summed E-state index contributed by atoms with van der Waals surface area (Å²) in [7, 11) is 1.65. The topological polar surface area (TPSA) is 34.1 Å². The first-order chi connectivity index (χ1) is 6.36. The molecule has 0 aliphatic heterocycles. The second-order valence-corrected chi connectivity index (χ2v) is 2.97. The van der Waals surface area contributed by atoms with Crippen LogP contribution in [0, 0.1) is 0 Å². The van der Waals surface area contributed by atoms with Crippen molar-refractivity contribution in [2.24, 2.45) is 0 Å². The van der Waals surface area contributed by atoms with Gasteiger partial charge in [-0.2, -0.15) is 0 Å². The van der Waals surface area contributed by atoms with Crippen LogP contribution in [0.3, 0.4) is 0 Å². The molecule has 0 radical (unpaired) electrons. The Morgan fingerprint density at radius 2 is 2.46 bits per heavy atom. The Kier molecular flexibility index (Phi) is 4.57. The SMILES string of the molecule is COCC(CCl)Nc1ccccn1. The summed E-state index contributed by atoms with van der Waals surface area (Å²) in [5, 5.41) is 3.16. The van der Waals surface area contributed by atoms with Crippen molar-refractivity contribution in [2.75, 3.05) is 24.9 Å². The number of hydrogen-bond donors (Lipinski definition) is 1. The van der Waals surface area contributed by atoms with E-state index in [1.54, 1.807) is 13.3 Å². The lowest BCUT2D eigenvalue weighted by atomic mass is 10.3. The summed E-state index contributed by atoms with van der Waals surface area (Å²) < 4.78 is 4.99. The van der Waals surface area contributed by atoms with Crippen molar-refractivity contribution < 1.29 is 4.74 Å². The summed E-state index contributed by atoms with van der Waals surface area (Å²) in [6.07, 6.45) is 1.74. The molecule has 0 bridgehead atoms. The molecule has 1 rings (SSSR count). The quantitative estimate of drug-likeness (QED) is 0.736. The van der Waals surface area contributed by atoms with Crippen molar-refractivity contribution >= 4 is 17.4 Å². The zero-order chi connectivity index (χ0) is 9.52. The fraction of sp³-hybridized carbons (Fsp3) is 0.444. The van der Waals surface area contributed by atoms with Gasteiger partial charge in [-0.15, -0.1) is 11.6 Å². The molecule has 3 nitrogen and oxygen atoms in total. The van der Waals surface area contributed by atoms with Crippen LogP contribution in [0.25, 0.3) is 0 Å². The monoisotopic (exact) mass is 200 g/mol. The van der Waals surface area contributed by atoms with Crippen LogP contribution in [-0.2, 0) is 4.74 Å². The predicted octanol–water partition coefficient (Wildman–Crippen LogP) is 1.75. The van der Waals surface area contributed by atoms with E-state index < -0.39 is 0 Å². The zero-order valence-electron chi connectivity index (χ0n) is 7.53. The molecule has 13 heavy (non-hydrogen) atoms. The highest BCUT2D eigenvalue weighted by Gasteiger charge is 2.05. The highest BCUT2D eigenvalue weighted by molar-refractivity contribution is 6.18. The number of nitrogens with zero attached hydrogens (tertiary/aromatic N) is 1. The van der Waals surface area contributed by atoms with Gasteiger partial charge in [0.2, 0.25) is 0 Å². The van der Waals surface area contributed by atoms with Gasteiger partial charge < -0.3 is 10.1 Å². The number of alkyl halides is 1. The number of hydrogen-bond acceptors (Lipinski definition) is 3. The Morgan fingerprint density at radius 3 is 3.00 bits per heavy atom. The Balaban J connectivity index is 2.46. The van der Waals surface area contributed by atoms with Gasteiger partial charge in [0.15, 0.2) is 0 Å². The molecule has 0 amide bonds. The summed E-state index contributed by atoms with van der Waals surface area (Å²) in [4.78, 5) is 4.12.